The highest BCUT2D eigenvalue weighted by Crippen LogP contribution is 2.27. The summed E-state index contributed by atoms with van der Waals surface area (Å²) < 4.78 is 0. The molecule has 4 N–H and O–H groups in total. The Hall–Kier alpha value is -2.34. The summed E-state index contributed by atoms with van der Waals surface area (Å²) in [5, 5.41) is 16.1. The van der Waals surface area contributed by atoms with Gasteiger partial charge in [0.05, 0.1) is 17.6 Å². The van der Waals surface area contributed by atoms with E-state index in [1.54, 1.807) is 0 Å². The van der Waals surface area contributed by atoms with Crippen LogP contribution in [0.5, 0.6) is 0 Å². The molecule has 116 valence electrons. The zero-order chi connectivity index (χ0) is 15.5. The molecular formula is C16H19N3O3. The maximum atomic E-state index is 12.1. The second kappa shape index (κ2) is 6.19. The van der Waals surface area contributed by atoms with Gasteiger partial charge in [-0.2, -0.15) is 0 Å². The Kier molecular flexibility index (Phi) is 4.11. The second-order valence-electron chi connectivity index (χ2n) is 5.54. The molecule has 6 heteroatoms. The molecule has 0 unspecified atom stereocenters. The van der Waals surface area contributed by atoms with Crippen LogP contribution in [-0.2, 0) is 17.8 Å². The molecule has 3 rings (SSSR count). The number of hydrogen-bond donors (Lipinski definition) is 4. The summed E-state index contributed by atoms with van der Waals surface area (Å²) in [5.41, 5.74) is 3.60. The number of anilines is 1. The number of carboxylic acids is 1. The predicted molar refractivity (Wildman–Crippen MR) is 85.3 cm³/mol. The zero-order valence-corrected chi connectivity index (χ0v) is 12.2. The average molecular weight is 301 g/mol. The summed E-state index contributed by atoms with van der Waals surface area (Å²) in [6.07, 6.45) is 1.89. The quantitative estimate of drug-likeness (QED) is 0.627. The molecule has 0 spiro atoms. The summed E-state index contributed by atoms with van der Waals surface area (Å²) in [6.45, 7) is 1.90. The molecule has 2 aromatic rings. The Morgan fingerprint density at radius 2 is 2.23 bits per heavy atom. The van der Waals surface area contributed by atoms with Crippen LogP contribution in [0.2, 0.25) is 0 Å². The van der Waals surface area contributed by atoms with Crippen molar-refractivity contribution < 1.29 is 9.90 Å². The SMILES string of the molecule is O=C(O)CCNCc1ccc2c3c(c(=O)[nH]c2c1)CCCN3. The lowest BCUT2D eigenvalue weighted by Gasteiger charge is -2.19. The van der Waals surface area contributed by atoms with Gasteiger partial charge in [0.1, 0.15) is 0 Å². The average Bonchev–Trinajstić information content (AvgIpc) is 2.51. The van der Waals surface area contributed by atoms with Crippen molar-refractivity contribution in [2.45, 2.75) is 25.8 Å². The highest BCUT2D eigenvalue weighted by atomic mass is 16.4. The Morgan fingerprint density at radius 3 is 3.05 bits per heavy atom. The van der Waals surface area contributed by atoms with Gasteiger partial charge in [0.25, 0.3) is 5.56 Å². The molecule has 0 amide bonds. The normalized spacial score (nSPS) is 13.6. The van der Waals surface area contributed by atoms with Crippen LogP contribution in [0.25, 0.3) is 10.9 Å². The van der Waals surface area contributed by atoms with Crippen molar-refractivity contribution in [2.24, 2.45) is 0 Å². The molecule has 0 atom stereocenters. The third kappa shape index (κ3) is 2.96. The minimum absolute atomic E-state index is 0.0225. The van der Waals surface area contributed by atoms with Crippen LogP contribution >= 0.6 is 0 Å². The first-order valence-electron chi connectivity index (χ1n) is 7.49. The van der Waals surface area contributed by atoms with Crippen LogP contribution in [0, 0.1) is 0 Å². The molecule has 2 heterocycles. The molecule has 0 bridgehead atoms. The smallest absolute Gasteiger partial charge is 0.304 e. The highest BCUT2D eigenvalue weighted by Gasteiger charge is 2.15. The summed E-state index contributed by atoms with van der Waals surface area (Å²) in [6, 6.07) is 5.96. The summed E-state index contributed by atoms with van der Waals surface area (Å²) in [4.78, 5) is 25.6. The molecule has 0 radical (unpaired) electrons. The van der Waals surface area contributed by atoms with E-state index in [-0.39, 0.29) is 12.0 Å². The Bertz CT molecular complexity index is 767. The van der Waals surface area contributed by atoms with Crippen molar-refractivity contribution in [1.29, 1.82) is 0 Å². The molecule has 0 fully saturated rings. The van der Waals surface area contributed by atoms with Gasteiger partial charge in [-0.25, -0.2) is 0 Å². The number of carbonyl (C=O) groups is 1. The van der Waals surface area contributed by atoms with Crippen molar-refractivity contribution in [2.75, 3.05) is 18.4 Å². The van der Waals surface area contributed by atoms with Gasteiger partial charge in [0.2, 0.25) is 0 Å². The first kappa shape index (κ1) is 14.6. The Morgan fingerprint density at radius 1 is 1.36 bits per heavy atom. The number of benzene rings is 1. The second-order valence-corrected chi connectivity index (χ2v) is 5.54. The molecule has 1 aliphatic heterocycles. The number of nitrogens with one attached hydrogen (secondary N) is 3. The minimum Gasteiger partial charge on any atom is -0.481 e. The lowest BCUT2D eigenvalue weighted by Crippen LogP contribution is -2.22. The first-order valence-corrected chi connectivity index (χ1v) is 7.49. The molecule has 22 heavy (non-hydrogen) atoms. The van der Waals surface area contributed by atoms with Crippen LogP contribution in [-0.4, -0.2) is 29.1 Å². The fourth-order valence-electron chi connectivity index (χ4n) is 2.84. The lowest BCUT2D eigenvalue weighted by atomic mass is 10.0. The Balaban J connectivity index is 1.84. The molecule has 1 aliphatic rings. The number of hydrogen-bond acceptors (Lipinski definition) is 4. The van der Waals surface area contributed by atoms with Gasteiger partial charge in [-0.15, -0.1) is 0 Å². The van der Waals surface area contributed by atoms with Gasteiger partial charge in [-0.1, -0.05) is 12.1 Å². The number of H-pyrrole nitrogens is 1. The van der Waals surface area contributed by atoms with E-state index in [1.165, 1.54) is 0 Å². The minimum atomic E-state index is -0.812. The maximum Gasteiger partial charge on any atom is 0.304 e. The van der Waals surface area contributed by atoms with Gasteiger partial charge in [0.15, 0.2) is 0 Å². The molecule has 0 saturated carbocycles. The van der Waals surface area contributed by atoms with E-state index in [9.17, 15) is 9.59 Å². The fourth-order valence-corrected chi connectivity index (χ4v) is 2.84. The molecular weight excluding hydrogens is 282 g/mol. The molecule has 0 saturated heterocycles. The van der Waals surface area contributed by atoms with Crippen LogP contribution < -0.4 is 16.2 Å². The molecule has 1 aromatic heterocycles. The third-order valence-corrected chi connectivity index (χ3v) is 3.93. The van der Waals surface area contributed by atoms with E-state index < -0.39 is 5.97 Å². The number of aliphatic carboxylic acids is 1. The van der Waals surface area contributed by atoms with E-state index in [2.05, 4.69) is 15.6 Å². The van der Waals surface area contributed by atoms with Crippen LogP contribution in [0.4, 0.5) is 5.69 Å². The summed E-state index contributed by atoms with van der Waals surface area (Å²) >= 11 is 0. The summed E-state index contributed by atoms with van der Waals surface area (Å²) in [7, 11) is 0. The monoisotopic (exact) mass is 301 g/mol. The predicted octanol–water partition coefficient (Wildman–Crippen LogP) is 1.45. The summed E-state index contributed by atoms with van der Waals surface area (Å²) in [5.74, 6) is -0.812. The van der Waals surface area contributed by atoms with Crippen molar-refractivity contribution in [1.82, 2.24) is 10.3 Å². The first-order chi connectivity index (χ1) is 10.6. The van der Waals surface area contributed by atoms with Gasteiger partial charge in [0, 0.05) is 30.6 Å². The largest absolute Gasteiger partial charge is 0.481 e. The van der Waals surface area contributed by atoms with E-state index in [0.29, 0.717) is 13.1 Å². The Labute approximate surface area is 127 Å². The molecule has 1 aromatic carbocycles. The van der Waals surface area contributed by atoms with E-state index in [1.807, 2.05) is 18.2 Å². The standard InChI is InChI=1S/C16H19N3O3/c20-14(21)5-7-17-9-10-3-4-11-13(8-10)19-16(22)12-2-1-6-18-15(11)12/h3-4,8,17-18H,1-2,5-7,9H2,(H,19,22)(H,20,21). The number of fused-ring (bicyclic) bond motifs is 3. The van der Waals surface area contributed by atoms with Gasteiger partial charge in [-0.3, -0.25) is 9.59 Å². The number of aromatic amines is 1. The lowest BCUT2D eigenvalue weighted by molar-refractivity contribution is -0.136. The number of rotatable bonds is 5. The highest BCUT2D eigenvalue weighted by molar-refractivity contribution is 5.93. The molecule has 0 aliphatic carbocycles. The van der Waals surface area contributed by atoms with Crippen LogP contribution in [0.15, 0.2) is 23.0 Å². The molecule has 6 nitrogen and oxygen atoms in total. The van der Waals surface area contributed by atoms with E-state index in [0.717, 1.165) is 47.1 Å². The fraction of sp³-hybridized carbons (Fsp3) is 0.375. The third-order valence-electron chi connectivity index (χ3n) is 3.93. The van der Waals surface area contributed by atoms with Gasteiger partial charge in [-0.05, 0) is 24.5 Å². The topological polar surface area (TPSA) is 94.2 Å². The van der Waals surface area contributed by atoms with Gasteiger partial charge < -0.3 is 20.7 Å². The maximum absolute atomic E-state index is 12.1. The van der Waals surface area contributed by atoms with Crippen molar-refractivity contribution in [3.8, 4) is 0 Å². The zero-order valence-electron chi connectivity index (χ0n) is 12.2. The van der Waals surface area contributed by atoms with Crippen molar-refractivity contribution >= 4 is 22.6 Å². The van der Waals surface area contributed by atoms with E-state index in [4.69, 9.17) is 5.11 Å². The van der Waals surface area contributed by atoms with Crippen LogP contribution in [0.3, 0.4) is 0 Å². The van der Waals surface area contributed by atoms with Crippen molar-refractivity contribution in [3.63, 3.8) is 0 Å². The number of carboxylic acid groups (broad SMARTS) is 1. The van der Waals surface area contributed by atoms with Crippen LogP contribution in [0.1, 0.15) is 24.0 Å². The number of aromatic nitrogens is 1. The van der Waals surface area contributed by atoms with Crippen molar-refractivity contribution in [3.05, 3.63) is 39.7 Å². The van der Waals surface area contributed by atoms with E-state index >= 15 is 0 Å². The number of pyridine rings is 1. The van der Waals surface area contributed by atoms with Gasteiger partial charge >= 0.3 is 5.97 Å².